The predicted octanol–water partition coefficient (Wildman–Crippen LogP) is 13.4. The van der Waals surface area contributed by atoms with Gasteiger partial charge in [0.15, 0.2) is 11.5 Å². The predicted molar refractivity (Wildman–Crippen MR) is 270 cm³/mol. The first-order valence-corrected chi connectivity index (χ1v) is 22.4. The first-order chi connectivity index (χ1) is 33.7. The number of ether oxygens (including phenoxy) is 4. The van der Waals surface area contributed by atoms with E-state index in [4.69, 9.17) is 23.4 Å². The third kappa shape index (κ3) is 12.5. The van der Waals surface area contributed by atoms with E-state index in [9.17, 15) is 19.8 Å². The van der Waals surface area contributed by atoms with Crippen molar-refractivity contribution in [2.45, 2.75) is 40.3 Å². The van der Waals surface area contributed by atoms with Gasteiger partial charge < -0.3 is 33.6 Å². The first kappa shape index (κ1) is 46.7. The molecule has 2 N–H and O–H groups in total. The number of hydrogen-bond acceptors (Lipinski definition) is 9. The minimum atomic E-state index is -0.534. The van der Waals surface area contributed by atoms with E-state index in [1.54, 1.807) is 54.6 Å². The van der Waals surface area contributed by atoms with Crippen molar-refractivity contribution in [1.29, 1.82) is 0 Å². The molecule has 0 aliphatic rings. The Labute approximate surface area is 400 Å². The second kappa shape index (κ2) is 22.6. The fourth-order valence-corrected chi connectivity index (χ4v) is 7.40. The van der Waals surface area contributed by atoms with Crippen LogP contribution in [0.2, 0.25) is 0 Å². The summed E-state index contributed by atoms with van der Waals surface area (Å²) in [5, 5.41) is 21.4. The lowest BCUT2D eigenvalue weighted by atomic mass is 10.0. The highest BCUT2D eigenvalue weighted by Gasteiger charge is 2.20. The van der Waals surface area contributed by atoms with Crippen LogP contribution in [-0.2, 0) is 26.4 Å². The van der Waals surface area contributed by atoms with Crippen LogP contribution in [0, 0.1) is 13.8 Å². The Kier molecular flexibility index (Phi) is 15.3. The molecule has 9 rings (SSSR count). The number of phenols is 1. The second-order valence-corrected chi connectivity index (χ2v) is 16.3. The molecule has 0 saturated heterocycles. The maximum Gasteiger partial charge on any atom is 0.238 e. The van der Waals surface area contributed by atoms with Crippen molar-refractivity contribution in [3.05, 3.63) is 255 Å². The molecule has 9 heteroatoms. The lowest BCUT2D eigenvalue weighted by Crippen LogP contribution is -2.06. The van der Waals surface area contributed by atoms with E-state index in [0.29, 0.717) is 54.8 Å². The van der Waals surface area contributed by atoms with Crippen LogP contribution in [0.1, 0.15) is 49.3 Å². The second-order valence-electron chi connectivity index (χ2n) is 16.3. The van der Waals surface area contributed by atoms with Crippen LogP contribution in [0.15, 0.2) is 209 Å². The zero-order valence-electron chi connectivity index (χ0n) is 38.2. The molecule has 0 saturated carbocycles. The van der Waals surface area contributed by atoms with Crippen LogP contribution >= 0.6 is 0 Å². The van der Waals surface area contributed by atoms with E-state index in [-0.39, 0.29) is 28.2 Å². The Morgan fingerprint density at radius 2 is 0.957 bits per heavy atom. The average Bonchev–Trinajstić information content (AvgIpc) is 3.38. The molecule has 0 atom stereocenters. The monoisotopic (exact) mass is 914 g/mol. The molecular weight excluding hydrogens is 865 g/mol. The number of benzene rings is 8. The maximum atomic E-state index is 13.2. The number of carbonyl (C=O) groups is 1. The fraction of sp³-hybridized carbons (Fsp3) is 0.100. The number of hydrogen-bond donors (Lipinski definition) is 2. The molecule has 0 radical (unpaired) electrons. The van der Waals surface area contributed by atoms with Gasteiger partial charge in [0.25, 0.3) is 0 Å². The number of allylic oxidation sites excluding steroid dienone is 1. The summed E-state index contributed by atoms with van der Waals surface area (Å²) in [7, 11) is 0. The molecule has 0 amide bonds. The van der Waals surface area contributed by atoms with Crippen LogP contribution < -0.4 is 24.4 Å². The summed E-state index contributed by atoms with van der Waals surface area (Å²) in [4.78, 5) is 26.1. The van der Waals surface area contributed by atoms with Gasteiger partial charge >= 0.3 is 0 Å². The number of aromatic hydroxyl groups is 2. The van der Waals surface area contributed by atoms with Gasteiger partial charge in [-0.2, -0.15) is 0 Å². The van der Waals surface area contributed by atoms with E-state index in [2.05, 4.69) is 0 Å². The molecular formula is C60H50O9. The maximum absolute atomic E-state index is 13.2. The Morgan fingerprint density at radius 3 is 1.46 bits per heavy atom. The Balaban J connectivity index is 0.000000186. The number of fused-ring (bicyclic) bond motifs is 1. The summed E-state index contributed by atoms with van der Waals surface area (Å²) in [5.74, 6) is 1.39. The van der Waals surface area contributed by atoms with Crippen molar-refractivity contribution >= 4 is 22.8 Å². The third-order valence-corrected chi connectivity index (χ3v) is 10.9. The first-order valence-electron chi connectivity index (χ1n) is 22.4. The van der Waals surface area contributed by atoms with Crippen molar-refractivity contribution in [3.8, 4) is 45.8 Å². The molecule has 0 aliphatic carbocycles. The van der Waals surface area contributed by atoms with E-state index in [0.717, 1.165) is 44.7 Å². The van der Waals surface area contributed by atoms with Crippen molar-refractivity contribution in [2.75, 3.05) is 0 Å². The summed E-state index contributed by atoms with van der Waals surface area (Å²) in [6.45, 7) is 5.29. The summed E-state index contributed by atoms with van der Waals surface area (Å²) < 4.78 is 29.5. The summed E-state index contributed by atoms with van der Waals surface area (Å²) in [6.07, 6.45) is 3.16. The molecule has 9 aromatic rings. The van der Waals surface area contributed by atoms with Gasteiger partial charge in [-0.05, 0) is 120 Å². The smallest absolute Gasteiger partial charge is 0.238 e. The average molecular weight is 915 g/mol. The van der Waals surface area contributed by atoms with Gasteiger partial charge in [0, 0.05) is 5.56 Å². The molecule has 9 nitrogen and oxygen atoms in total. The molecule has 8 aromatic carbocycles. The van der Waals surface area contributed by atoms with E-state index in [1.165, 1.54) is 6.08 Å². The highest BCUT2D eigenvalue weighted by atomic mass is 16.5. The molecule has 0 bridgehead atoms. The minimum Gasteiger partial charge on any atom is -0.507 e. The lowest BCUT2D eigenvalue weighted by Gasteiger charge is -2.12. The number of carbonyl (C=O) groups excluding carboxylic acids is 1. The number of rotatable bonds is 16. The van der Waals surface area contributed by atoms with Crippen LogP contribution in [-0.4, -0.2) is 16.0 Å². The molecule has 1 heterocycles. The minimum absolute atomic E-state index is 0.0950. The van der Waals surface area contributed by atoms with Gasteiger partial charge in [0.1, 0.15) is 71.7 Å². The molecule has 1 aromatic heterocycles. The Hall–Kier alpha value is -8.82. The quantitative estimate of drug-likeness (QED) is 0.0720. The van der Waals surface area contributed by atoms with Crippen LogP contribution in [0.3, 0.4) is 0 Å². The Morgan fingerprint density at radius 1 is 0.522 bits per heavy atom. The lowest BCUT2D eigenvalue weighted by molar-refractivity contribution is 0.104. The summed E-state index contributed by atoms with van der Waals surface area (Å²) in [6, 6.07) is 60.7. The van der Waals surface area contributed by atoms with E-state index >= 15 is 0 Å². The van der Waals surface area contributed by atoms with Crippen molar-refractivity contribution in [1.82, 2.24) is 0 Å². The summed E-state index contributed by atoms with van der Waals surface area (Å²) >= 11 is 0. The van der Waals surface area contributed by atoms with Crippen molar-refractivity contribution in [3.63, 3.8) is 0 Å². The van der Waals surface area contributed by atoms with Gasteiger partial charge in [0.2, 0.25) is 11.2 Å². The van der Waals surface area contributed by atoms with Gasteiger partial charge in [-0.25, -0.2) is 0 Å². The van der Waals surface area contributed by atoms with Crippen LogP contribution in [0.25, 0.3) is 28.4 Å². The molecule has 69 heavy (non-hydrogen) atoms. The number of ketones is 1. The molecule has 0 spiro atoms. The zero-order chi connectivity index (χ0) is 48.0. The highest BCUT2D eigenvalue weighted by molar-refractivity contribution is 6.10. The SMILES string of the molecule is Cc1cc(O)c(C(=O)/C=C/c2ccc(OCc3ccccc3)cc2)c(OCc2ccccc2)c1.Cc1cc(OCc2ccccc2)c2c(=O)c(O)c(-c3ccc(OCc4ccccc4)cc3)oc2c1. The molecule has 0 aliphatic heterocycles. The fourth-order valence-electron chi connectivity index (χ4n) is 7.40. The zero-order valence-corrected chi connectivity index (χ0v) is 38.2. The highest BCUT2D eigenvalue weighted by Crippen LogP contribution is 2.36. The largest absolute Gasteiger partial charge is 0.507 e. The Bertz CT molecular complexity index is 3200. The van der Waals surface area contributed by atoms with Crippen molar-refractivity contribution < 1.29 is 38.4 Å². The van der Waals surface area contributed by atoms with Gasteiger partial charge in [-0.3, -0.25) is 9.59 Å². The van der Waals surface area contributed by atoms with E-state index < -0.39 is 11.2 Å². The van der Waals surface area contributed by atoms with Gasteiger partial charge in [-0.15, -0.1) is 0 Å². The third-order valence-electron chi connectivity index (χ3n) is 10.9. The van der Waals surface area contributed by atoms with Gasteiger partial charge in [-0.1, -0.05) is 140 Å². The van der Waals surface area contributed by atoms with Crippen LogP contribution in [0.5, 0.6) is 34.5 Å². The molecule has 0 unspecified atom stereocenters. The topological polar surface area (TPSA) is 125 Å². The molecule has 344 valence electrons. The standard InChI is InChI=1S/C30H24O5.C30H26O4/c1-20-16-25(34-19-22-10-6-3-7-11-22)27-26(17-20)35-30(29(32)28(27)31)23-12-14-24(15-13-23)33-18-21-8-4-2-5-9-21;1-22-18-28(32)30(29(19-22)34-21-25-10-6-3-7-11-25)27(31)17-14-23-12-15-26(16-13-23)33-20-24-8-4-2-5-9-24/h2-17,32H,18-19H2,1H3;2-19,32H,20-21H2,1H3/b;17-14+. The van der Waals surface area contributed by atoms with Crippen LogP contribution in [0.4, 0.5) is 0 Å². The summed E-state index contributed by atoms with van der Waals surface area (Å²) in [5.41, 5.74) is 7.20. The number of phenolic OH excluding ortho intramolecular Hbond substituents is 1. The van der Waals surface area contributed by atoms with Crippen molar-refractivity contribution in [2.24, 2.45) is 0 Å². The normalized spacial score (nSPS) is 10.9. The number of aryl methyl sites for hydroxylation is 2. The van der Waals surface area contributed by atoms with Gasteiger partial charge in [0.05, 0.1) is 0 Å². The molecule has 0 fully saturated rings. The van der Waals surface area contributed by atoms with E-state index in [1.807, 2.05) is 159 Å².